The fraction of sp³-hybridized carbons (Fsp3) is 0.458. The van der Waals surface area contributed by atoms with E-state index in [4.69, 9.17) is 4.74 Å². The first-order chi connectivity index (χ1) is 12.6. The molecule has 1 aliphatic rings. The van der Waals surface area contributed by atoms with E-state index in [1.807, 2.05) is 19.1 Å². The Morgan fingerprint density at radius 1 is 1.08 bits per heavy atom. The minimum absolute atomic E-state index is 0.106. The van der Waals surface area contributed by atoms with E-state index >= 15 is 0 Å². The first kappa shape index (κ1) is 18.5. The standard InChI is InChI=1S/C24H29NO/c1-3-26-23-12-10-22(11-13-23)21-8-6-20(7-9-21)14-16-24(18-25)15-4-5-19(2)17-24/h6-13,19H,3-5,14-17H2,1-2H3. The van der Waals surface area contributed by atoms with Crippen molar-refractivity contribution >= 4 is 0 Å². The van der Waals surface area contributed by atoms with E-state index in [1.165, 1.54) is 29.5 Å². The zero-order valence-corrected chi connectivity index (χ0v) is 16.0. The van der Waals surface area contributed by atoms with E-state index < -0.39 is 0 Å². The first-order valence-electron chi connectivity index (χ1n) is 9.87. The van der Waals surface area contributed by atoms with Gasteiger partial charge in [0.15, 0.2) is 0 Å². The van der Waals surface area contributed by atoms with Crippen LogP contribution in [0, 0.1) is 22.7 Å². The lowest BCUT2D eigenvalue weighted by atomic mass is 9.68. The minimum atomic E-state index is -0.106. The van der Waals surface area contributed by atoms with Crippen molar-refractivity contribution < 1.29 is 4.74 Å². The lowest BCUT2D eigenvalue weighted by Gasteiger charge is -2.34. The number of ether oxygens (including phenoxy) is 1. The van der Waals surface area contributed by atoms with Gasteiger partial charge in [-0.3, -0.25) is 0 Å². The molecule has 26 heavy (non-hydrogen) atoms. The second-order valence-electron chi connectivity index (χ2n) is 7.75. The number of nitrogens with zero attached hydrogens (tertiary/aromatic N) is 1. The molecule has 0 heterocycles. The van der Waals surface area contributed by atoms with Crippen molar-refractivity contribution in [3.05, 3.63) is 54.1 Å². The molecule has 1 saturated carbocycles. The van der Waals surface area contributed by atoms with E-state index in [-0.39, 0.29) is 5.41 Å². The van der Waals surface area contributed by atoms with E-state index in [9.17, 15) is 5.26 Å². The molecule has 1 fully saturated rings. The van der Waals surface area contributed by atoms with Crippen molar-refractivity contribution in [2.75, 3.05) is 6.61 Å². The van der Waals surface area contributed by atoms with Gasteiger partial charge in [-0.25, -0.2) is 0 Å². The average Bonchev–Trinajstić information content (AvgIpc) is 2.68. The molecular weight excluding hydrogens is 318 g/mol. The summed E-state index contributed by atoms with van der Waals surface area (Å²) in [6.07, 6.45) is 6.58. The van der Waals surface area contributed by atoms with Gasteiger partial charge in [-0.1, -0.05) is 56.2 Å². The molecule has 1 aliphatic carbocycles. The quantitative estimate of drug-likeness (QED) is 0.605. The summed E-state index contributed by atoms with van der Waals surface area (Å²) in [6, 6.07) is 19.7. The third-order valence-corrected chi connectivity index (χ3v) is 5.67. The van der Waals surface area contributed by atoms with Crippen molar-refractivity contribution in [3.63, 3.8) is 0 Å². The van der Waals surface area contributed by atoms with Crippen LogP contribution in [0.3, 0.4) is 0 Å². The summed E-state index contributed by atoms with van der Waals surface area (Å²) in [5, 5.41) is 9.73. The molecule has 136 valence electrons. The van der Waals surface area contributed by atoms with Crippen molar-refractivity contribution in [2.45, 2.75) is 52.4 Å². The Bertz CT molecular complexity index is 741. The van der Waals surface area contributed by atoms with Crippen molar-refractivity contribution in [1.29, 1.82) is 5.26 Å². The third-order valence-electron chi connectivity index (χ3n) is 5.67. The smallest absolute Gasteiger partial charge is 0.119 e. The van der Waals surface area contributed by atoms with Gasteiger partial charge >= 0.3 is 0 Å². The van der Waals surface area contributed by atoms with Gasteiger partial charge in [0, 0.05) is 0 Å². The Hall–Kier alpha value is -2.27. The molecule has 0 aliphatic heterocycles. The highest BCUT2D eigenvalue weighted by Crippen LogP contribution is 2.42. The number of nitriles is 1. The molecule has 2 atom stereocenters. The molecule has 2 nitrogen and oxygen atoms in total. The molecule has 2 aromatic carbocycles. The van der Waals surface area contributed by atoms with Crippen LogP contribution in [0.5, 0.6) is 5.75 Å². The first-order valence-corrected chi connectivity index (χ1v) is 9.87. The molecule has 2 unspecified atom stereocenters. The molecule has 0 amide bonds. The predicted octanol–water partition coefficient (Wildman–Crippen LogP) is 6.40. The zero-order valence-electron chi connectivity index (χ0n) is 16.0. The van der Waals surface area contributed by atoms with E-state index in [0.29, 0.717) is 12.5 Å². The second kappa shape index (κ2) is 8.41. The fourth-order valence-corrected chi connectivity index (χ4v) is 4.20. The van der Waals surface area contributed by atoms with E-state index in [2.05, 4.69) is 49.4 Å². The topological polar surface area (TPSA) is 33.0 Å². The number of benzene rings is 2. The molecule has 0 N–H and O–H groups in total. The van der Waals surface area contributed by atoms with Gasteiger partial charge in [0.1, 0.15) is 5.75 Å². The average molecular weight is 348 g/mol. The maximum atomic E-state index is 9.73. The van der Waals surface area contributed by atoms with Crippen LogP contribution in [0.1, 0.15) is 51.5 Å². The Kier molecular flexibility index (Phi) is 5.99. The molecule has 0 radical (unpaired) electrons. The summed E-state index contributed by atoms with van der Waals surface area (Å²) in [4.78, 5) is 0. The maximum Gasteiger partial charge on any atom is 0.119 e. The molecule has 0 aromatic heterocycles. The summed E-state index contributed by atoms with van der Waals surface area (Å²) in [7, 11) is 0. The molecule has 2 heteroatoms. The molecule has 2 aromatic rings. The molecule has 0 saturated heterocycles. The summed E-state index contributed by atoms with van der Waals surface area (Å²) >= 11 is 0. The van der Waals surface area contributed by atoms with Crippen LogP contribution in [-0.4, -0.2) is 6.61 Å². The number of aryl methyl sites for hydroxylation is 1. The van der Waals surface area contributed by atoms with Gasteiger partial charge in [0.05, 0.1) is 18.1 Å². The second-order valence-corrected chi connectivity index (χ2v) is 7.75. The summed E-state index contributed by atoms with van der Waals surface area (Å²) in [5.74, 6) is 1.60. The van der Waals surface area contributed by atoms with Crippen LogP contribution in [-0.2, 0) is 6.42 Å². The fourth-order valence-electron chi connectivity index (χ4n) is 4.20. The van der Waals surface area contributed by atoms with Crippen molar-refractivity contribution in [1.82, 2.24) is 0 Å². The third kappa shape index (κ3) is 4.47. The van der Waals surface area contributed by atoms with Crippen LogP contribution in [0.4, 0.5) is 0 Å². The Morgan fingerprint density at radius 2 is 1.73 bits per heavy atom. The highest BCUT2D eigenvalue weighted by atomic mass is 16.5. The number of hydrogen-bond donors (Lipinski definition) is 0. The molecule has 3 rings (SSSR count). The lowest BCUT2D eigenvalue weighted by molar-refractivity contribution is 0.197. The minimum Gasteiger partial charge on any atom is -0.494 e. The molecule has 0 spiro atoms. The highest BCUT2D eigenvalue weighted by Gasteiger charge is 2.34. The Labute approximate surface area is 157 Å². The SMILES string of the molecule is CCOc1ccc(-c2ccc(CCC3(C#N)CCCC(C)C3)cc2)cc1. The van der Waals surface area contributed by atoms with Gasteiger partial charge < -0.3 is 4.74 Å². The molecule has 0 bridgehead atoms. The zero-order chi connectivity index (χ0) is 18.4. The monoisotopic (exact) mass is 347 g/mol. The normalized spacial score (nSPS) is 22.6. The summed E-state index contributed by atoms with van der Waals surface area (Å²) < 4.78 is 5.51. The largest absolute Gasteiger partial charge is 0.494 e. The number of rotatable bonds is 6. The van der Waals surface area contributed by atoms with Crippen LogP contribution >= 0.6 is 0 Å². The van der Waals surface area contributed by atoms with E-state index in [0.717, 1.165) is 31.4 Å². The molecular formula is C24H29NO. The highest BCUT2D eigenvalue weighted by molar-refractivity contribution is 5.64. The predicted molar refractivity (Wildman–Crippen MR) is 107 cm³/mol. The van der Waals surface area contributed by atoms with Crippen molar-refractivity contribution in [2.24, 2.45) is 11.3 Å². The van der Waals surface area contributed by atoms with Crippen LogP contribution in [0.15, 0.2) is 48.5 Å². The Morgan fingerprint density at radius 3 is 2.31 bits per heavy atom. The van der Waals surface area contributed by atoms with Crippen LogP contribution < -0.4 is 4.74 Å². The van der Waals surface area contributed by atoms with Gasteiger partial charge in [-0.05, 0) is 67.3 Å². The summed E-state index contributed by atoms with van der Waals surface area (Å²) in [6.45, 7) is 4.98. The Balaban J connectivity index is 1.63. The van der Waals surface area contributed by atoms with Gasteiger partial charge in [-0.15, -0.1) is 0 Å². The van der Waals surface area contributed by atoms with Crippen molar-refractivity contribution in [3.8, 4) is 22.9 Å². The van der Waals surface area contributed by atoms with Gasteiger partial charge in [0.2, 0.25) is 0 Å². The maximum absolute atomic E-state index is 9.73. The van der Waals surface area contributed by atoms with Crippen LogP contribution in [0.25, 0.3) is 11.1 Å². The van der Waals surface area contributed by atoms with E-state index in [1.54, 1.807) is 0 Å². The summed E-state index contributed by atoms with van der Waals surface area (Å²) in [5.41, 5.74) is 3.64. The van der Waals surface area contributed by atoms with Gasteiger partial charge in [-0.2, -0.15) is 5.26 Å². The van der Waals surface area contributed by atoms with Gasteiger partial charge in [0.25, 0.3) is 0 Å². The lowest BCUT2D eigenvalue weighted by Crippen LogP contribution is -2.26. The number of hydrogen-bond acceptors (Lipinski definition) is 2. The van der Waals surface area contributed by atoms with Crippen LogP contribution in [0.2, 0.25) is 0 Å².